The number of fused-ring (bicyclic) bond motifs is 1. The van der Waals surface area contributed by atoms with Crippen LogP contribution in [0.15, 0.2) is 18.3 Å². The van der Waals surface area contributed by atoms with Crippen molar-refractivity contribution in [2.75, 3.05) is 19.6 Å². The third-order valence-corrected chi connectivity index (χ3v) is 4.94. The number of nitrogens with one attached hydrogen (secondary N) is 1. The second-order valence-corrected chi connectivity index (χ2v) is 6.81. The molecule has 126 valence electrons. The second-order valence-electron chi connectivity index (χ2n) is 6.81. The minimum absolute atomic E-state index is 0.0553. The largest absolute Gasteiger partial charge is 0.352 e. The SMILES string of the molecule is CC(=O)N1CC[C@H](c2nnc3ccc(C(=O)NCC4CC4)cn23)C1. The van der Waals surface area contributed by atoms with Crippen LogP contribution in [0.4, 0.5) is 0 Å². The highest BCUT2D eigenvalue weighted by Crippen LogP contribution is 2.28. The number of aromatic nitrogens is 3. The van der Waals surface area contributed by atoms with Crippen LogP contribution in [0.25, 0.3) is 5.65 Å². The monoisotopic (exact) mass is 327 g/mol. The Morgan fingerprint density at radius 2 is 2.08 bits per heavy atom. The Bertz CT molecular complexity index is 795. The van der Waals surface area contributed by atoms with Gasteiger partial charge in [0.15, 0.2) is 5.65 Å². The molecule has 7 nitrogen and oxygen atoms in total. The first-order chi connectivity index (χ1) is 11.6. The molecule has 0 spiro atoms. The maximum absolute atomic E-state index is 12.3. The standard InChI is InChI=1S/C17H21N5O2/c1-11(23)21-7-6-13(9-21)16-20-19-15-5-4-14(10-22(15)16)17(24)18-8-12-2-3-12/h4-5,10,12-13H,2-3,6-9H2,1H3,(H,18,24)/t13-/m0/s1. The van der Waals surface area contributed by atoms with E-state index in [0.29, 0.717) is 18.0 Å². The van der Waals surface area contributed by atoms with Gasteiger partial charge in [0.05, 0.1) is 5.56 Å². The summed E-state index contributed by atoms with van der Waals surface area (Å²) < 4.78 is 1.89. The van der Waals surface area contributed by atoms with Crippen LogP contribution in [-0.4, -0.2) is 50.9 Å². The molecule has 0 unspecified atom stereocenters. The lowest BCUT2D eigenvalue weighted by Crippen LogP contribution is -2.26. The van der Waals surface area contributed by atoms with Crippen molar-refractivity contribution in [1.29, 1.82) is 0 Å². The van der Waals surface area contributed by atoms with Gasteiger partial charge in [-0.2, -0.15) is 0 Å². The van der Waals surface area contributed by atoms with Crippen LogP contribution in [0.3, 0.4) is 0 Å². The first kappa shape index (κ1) is 15.1. The highest BCUT2D eigenvalue weighted by atomic mass is 16.2. The maximum atomic E-state index is 12.3. The lowest BCUT2D eigenvalue weighted by Gasteiger charge is -2.13. The van der Waals surface area contributed by atoms with Gasteiger partial charge in [-0.1, -0.05) is 0 Å². The zero-order chi connectivity index (χ0) is 16.7. The van der Waals surface area contributed by atoms with E-state index in [2.05, 4.69) is 15.5 Å². The molecule has 1 saturated carbocycles. The van der Waals surface area contributed by atoms with Crippen LogP contribution in [0.5, 0.6) is 0 Å². The number of hydrogen-bond donors (Lipinski definition) is 1. The van der Waals surface area contributed by atoms with E-state index >= 15 is 0 Å². The van der Waals surface area contributed by atoms with E-state index in [4.69, 9.17) is 0 Å². The number of pyridine rings is 1. The van der Waals surface area contributed by atoms with Crippen LogP contribution in [0.1, 0.15) is 48.3 Å². The average molecular weight is 327 g/mol. The highest BCUT2D eigenvalue weighted by Gasteiger charge is 2.29. The molecule has 1 N–H and O–H groups in total. The molecule has 2 aliphatic rings. The Hall–Kier alpha value is -2.44. The molecule has 1 atom stereocenters. The summed E-state index contributed by atoms with van der Waals surface area (Å²) in [5.41, 5.74) is 1.34. The van der Waals surface area contributed by atoms with Gasteiger partial charge in [0.1, 0.15) is 5.82 Å². The maximum Gasteiger partial charge on any atom is 0.252 e. The predicted octanol–water partition coefficient (Wildman–Crippen LogP) is 1.20. The van der Waals surface area contributed by atoms with Gasteiger partial charge in [0.25, 0.3) is 5.91 Å². The Labute approximate surface area is 140 Å². The number of carbonyl (C=O) groups excluding carboxylic acids is 2. The number of carbonyl (C=O) groups is 2. The van der Waals surface area contributed by atoms with E-state index in [1.165, 1.54) is 12.8 Å². The fourth-order valence-corrected chi connectivity index (χ4v) is 3.24. The zero-order valence-corrected chi connectivity index (χ0v) is 13.7. The summed E-state index contributed by atoms with van der Waals surface area (Å²) in [6.45, 7) is 3.75. The molecule has 0 aromatic carbocycles. The summed E-state index contributed by atoms with van der Waals surface area (Å²) in [6.07, 6.45) is 5.11. The van der Waals surface area contributed by atoms with Crippen LogP contribution >= 0.6 is 0 Å². The van der Waals surface area contributed by atoms with Crippen molar-refractivity contribution >= 4 is 17.5 Å². The molecular formula is C17H21N5O2. The van der Waals surface area contributed by atoms with Gasteiger partial charge in [-0.05, 0) is 37.3 Å². The molecule has 24 heavy (non-hydrogen) atoms. The first-order valence-corrected chi connectivity index (χ1v) is 8.50. The van der Waals surface area contributed by atoms with Crippen LogP contribution in [0.2, 0.25) is 0 Å². The van der Waals surface area contributed by atoms with Crippen LogP contribution < -0.4 is 5.32 Å². The molecule has 2 aromatic heterocycles. The predicted molar refractivity (Wildman–Crippen MR) is 87.7 cm³/mol. The third-order valence-electron chi connectivity index (χ3n) is 4.94. The Morgan fingerprint density at radius 3 is 2.79 bits per heavy atom. The summed E-state index contributed by atoms with van der Waals surface area (Å²) in [5, 5.41) is 11.5. The van der Waals surface area contributed by atoms with Crippen molar-refractivity contribution in [3.63, 3.8) is 0 Å². The lowest BCUT2D eigenvalue weighted by molar-refractivity contribution is -0.127. The van der Waals surface area contributed by atoms with E-state index in [9.17, 15) is 9.59 Å². The Balaban J connectivity index is 1.56. The third kappa shape index (κ3) is 2.86. The van der Waals surface area contributed by atoms with Crippen molar-refractivity contribution in [3.8, 4) is 0 Å². The average Bonchev–Trinajstić information content (AvgIpc) is 3.10. The number of amides is 2. The second kappa shape index (κ2) is 5.89. The fourth-order valence-electron chi connectivity index (χ4n) is 3.24. The summed E-state index contributed by atoms with van der Waals surface area (Å²) in [6, 6.07) is 3.60. The minimum atomic E-state index is -0.0553. The zero-order valence-electron chi connectivity index (χ0n) is 13.7. The van der Waals surface area contributed by atoms with Crippen molar-refractivity contribution in [2.24, 2.45) is 5.92 Å². The van der Waals surface area contributed by atoms with Gasteiger partial charge >= 0.3 is 0 Å². The quantitative estimate of drug-likeness (QED) is 0.915. The molecule has 2 fully saturated rings. The van der Waals surface area contributed by atoms with Gasteiger partial charge in [0.2, 0.25) is 5.91 Å². The first-order valence-electron chi connectivity index (χ1n) is 8.50. The molecule has 1 aliphatic carbocycles. The molecule has 7 heteroatoms. The molecule has 0 radical (unpaired) electrons. The van der Waals surface area contributed by atoms with E-state index in [0.717, 1.165) is 31.0 Å². The smallest absolute Gasteiger partial charge is 0.252 e. The number of hydrogen-bond acceptors (Lipinski definition) is 4. The van der Waals surface area contributed by atoms with Gasteiger partial charge in [0, 0.05) is 38.7 Å². The summed E-state index contributed by atoms with van der Waals surface area (Å²) in [5.74, 6) is 1.67. The molecule has 2 amide bonds. The molecule has 1 saturated heterocycles. The van der Waals surface area contributed by atoms with Crippen molar-refractivity contribution in [1.82, 2.24) is 24.8 Å². The number of rotatable bonds is 4. The topological polar surface area (TPSA) is 79.6 Å². The van der Waals surface area contributed by atoms with Crippen LogP contribution in [0, 0.1) is 5.92 Å². The van der Waals surface area contributed by atoms with E-state index in [-0.39, 0.29) is 17.7 Å². The van der Waals surface area contributed by atoms with E-state index < -0.39 is 0 Å². The highest BCUT2D eigenvalue weighted by molar-refractivity contribution is 5.94. The van der Waals surface area contributed by atoms with Gasteiger partial charge < -0.3 is 10.2 Å². The van der Waals surface area contributed by atoms with Crippen molar-refractivity contribution in [2.45, 2.75) is 32.1 Å². The summed E-state index contributed by atoms with van der Waals surface area (Å²) in [4.78, 5) is 25.7. The lowest BCUT2D eigenvalue weighted by atomic mass is 10.1. The molecule has 0 bridgehead atoms. The number of nitrogens with zero attached hydrogens (tertiary/aromatic N) is 4. The summed E-state index contributed by atoms with van der Waals surface area (Å²) in [7, 11) is 0. The fraction of sp³-hybridized carbons (Fsp3) is 0.529. The normalized spacial score (nSPS) is 20.5. The minimum Gasteiger partial charge on any atom is -0.352 e. The molecule has 1 aliphatic heterocycles. The van der Waals surface area contributed by atoms with E-state index in [1.54, 1.807) is 13.0 Å². The van der Waals surface area contributed by atoms with Crippen LogP contribution in [-0.2, 0) is 4.79 Å². The van der Waals surface area contributed by atoms with Crippen molar-refractivity contribution < 1.29 is 9.59 Å². The molecular weight excluding hydrogens is 306 g/mol. The Kier molecular flexibility index (Phi) is 3.70. The Morgan fingerprint density at radius 1 is 1.25 bits per heavy atom. The number of likely N-dealkylation sites (tertiary alicyclic amines) is 1. The summed E-state index contributed by atoms with van der Waals surface area (Å²) >= 11 is 0. The van der Waals surface area contributed by atoms with Crippen molar-refractivity contribution in [3.05, 3.63) is 29.7 Å². The molecule has 4 rings (SSSR count). The molecule has 2 aromatic rings. The van der Waals surface area contributed by atoms with Gasteiger partial charge in [-0.15, -0.1) is 10.2 Å². The van der Waals surface area contributed by atoms with Gasteiger partial charge in [-0.25, -0.2) is 0 Å². The van der Waals surface area contributed by atoms with Gasteiger partial charge in [-0.3, -0.25) is 14.0 Å². The van der Waals surface area contributed by atoms with E-state index in [1.807, 2.05) is 21.6 Å². The molecule has 3 heterocycles.